The first kappa shape index (κ1) is 29.3. The summed E-state index contributed by atoms with van der Waals surface area (Å²) in [7, 11) is 0. The van der Waals surface area contributed by atoms with Crippen LogP contribution >= 0.6 is 23.2 Å². The summed E-state index contributed by atoms with van der Waals surface area (Å²) in [4.78, 5) is 49.8. The van der Waals surface area contributed by atoms with Crippen LogP contribution in [0.15, 0.2) is 96.6 Å². The van der Waals surface area contributed by atoms with Gasteiger partial charge >= 0.3 is 6.03 Å². The van der Waals surface area contributed by atoms with Gasteiger partial charge in [0.25, 0.3) is 17.5 Å². The van der Waals surface area contributed by atoms with Gasteiger partial charge in [0.1, 0.15) is 24.5 Å². The minimum atomic E-state index is -0.892. The van der Waals surface area contributed by atoms with Gasteiger partial charge in [0.15, 0.2) is 5.75 Å². The lowest BCUT2D eigenvalue weighted by Crippen LogP contribution is -2.54. The molecule has 0 unspecified atom stereocenters. The standard InChI is InChI=1S/C31H21Cl2N3O7/c32-26-15-21(16-27(33)28(26)43-18-20-6-8-23(9-7-20)36(40)41)14-25-29(37)34-31(39)35(30(25)38)22-10-12-24(13-11-22)42-17-19-4-2-1-3-5-19/h1-16H,17-18H2,(H,34,37,39)/b25-14+. The monoisotopic (exact) mass is 617 g/mol. The molecule has 1 aliphatic heterocycles. The molecule has 1 aliphatic rings. The highest BCUT2D eigenvalue weighted by Gasteiger charge is 2.37. The minimum absolute atomic E-state index is 0.0336. The Morgan fingerprint density at radius 3 is 2.05 bits per heavy atom. The maximum atomic E-state index is 13.3. The van der Waals surface area contributed by atoms with Gasteiger partial charge in [-0.05, 0) is 71.3 Å². The topological polar surface area (TPSA) is 128 Å². The van der Waals surface area contributed by atoms with Gasteiger partial charge in [-0.1, -0.05) is 53.5 Å². The average Bonchev–Trinajstić information content (AvgIpc) is 2.99. The summed E-state index contributed by atoms with van der Waals surface area (Å²) in [5.74, 6) is -1.03. The van der Waals surface area contributed by atoms with E-state index in [9.17, 15) is 24.5 Å². The van der Waals surface area contributed by atoms with Crippen molar-refractivity contribution >= 4 is 58.5 Å². The SMILES string of the molecule is O=C1NC(=O)N(c2ccc(OCc3ccccc3)cc2)C(=O)/C1=C/c1cc(Cl)c(OCc2ccc([N+](=O)[O-])cc2)c(Cl)c1. The number of nitro benzene ring substituents is 1. The number of imide groups is 2. The summed E-state index contributed by atoms with van der Waals surface area (Å²) in [5.41, 5.74) is 1.82. The Morgan fingerprint density at radius 1 is 0.814 bits per heavy atom. The number of nitro groups is 1. The van der Waals surface area contributed by atoms with E-state index in [0.717, 1.165) is 10.5 Å². The fraction of sp³-hybridized carbons (Fsp3) is 0.0645. The molecular weight excluding hydrogens is 597 g/mol. The van der Waals surface area contributed by atoms with Crippen LogP contribution in [-0.4, -0.2) is 22.8 Å². The molecule has 43 heavy (non-hydrogen) atoms. The molecule has 1 saturated heterocycles. The molecule has 0 bridgehead atoms. The van der Waals surface area contributed by atoms with Crippen molar-refractivity contribution in [3.05, 3.63) is 133 Å². The minimum Gasteiger partial charge on any atom is -0.489 e. The van der Waals surface area contributed by atoms with E-state index in [-0.39, 0.29) is 39.3 Å². The van der Waals surface area contributed by atoms with Crippen LogP contribution < -0.4 is 19.7 Å². The Labute approximate surface area is 255 Å². The van der Waals surface area contributed by atoms with E-state index >= 15 is 0 Å². The van der Waals surface area contributed by atoms with Crippen LogP contribution in [0, 0.1) is 10.1 Å². The number of amides is 4. The molecule has 0 saturated carbocycles. The fourth-order valence-corrected chi connectivity index (χ4v) is 4.77. The van der Waals surface area contributed by atoms with Crippen molar-refractivity contribution in [2.45, 2.75) is 13.2 Å². The number of hydrogen-bond acceptors (Lipinski definition) is 7. The van der Waals surface area contributed by atoms with Crippen LogP contribution in [0.2, 0.25) is 10.0 Å². The van der Waals surface area contributed by atoms with Crippen molar-refractivity contribution < 1.29 is 28.8 Å². The predicted molar refractivity (Wildman–Crippen MR) is 160 cm³/mol. The van der Waals surface area contributed by atoms with Crippen LogP contribution in [-0.2, 0) is 22.8 Å². The quantitative estimate of drug-likeness (QED) is 0.0954. The van der Waals surface area contributed by atoms with Crippen LogP contribution in [0.1, 0.15) is 16.7 Å². The molecule has 216 valence electrons. The lowest BCUT2D eigenvalue weighted by atomic mass is 10.1. The Kier molecular flexibility index (Phi) is 8.70. The number of non-ortho nitro benzene ring substituents is 1. The van der Waals surface area contributed by atoms with E-state index in [0.29, 0.717) is 23.5 Å². The number of carbonyl (C=O) groups excluding carboxylic acids is 3. The highest BCUT2D eigenvalue weighted by Crippen LogP contribution is 2.36. The third kappa shape index (κ3) is 6.83. The van der Waals surface area contributed by atoms with Crippen LogP contribution in [0.3, 0.4) is 0 Å². The molecule has 1 heterocycles. The zero-order valence-corrected chi connectivity index (χ0v) is 23.7. The maximum Gasteiger partial charge on any atom is 0.335 e. The number of ether oxygens (including phenoxy) is 2. The molecule has 0 atom stereocenters. The second kappa shape index (κ2) is 12.8. The first-order chi connectivity index (χ1) is 20.7. The van der Waals surface area contributed by atoms with Crippen LogP contribution in [0.25, 0.3) is 6.08 Å². The zero-order chi connectivity index (χ0) is 30.5. The summed E-state index contributed by atoms with van der Waals surface area (Å²) in [6, 6.07) is 23.7. The molecule has 0 radical (unpaired) electrons. The van der Waals surface area contributed by atoms with Gasteiger partial charge < -0.3 is 9.47 Å². The Balaban J connectivity index is 1.31. The van der Waals surface area contributed by atoms with Gasteiger partial charge in [-0.15, -0.1) is 0 Å². The van der Waals surface area contributed by atoms with Crippen molar-refractivity contribution in [2.75, 3.05) is 4.90 Å². The molecule has 4 aromatic carbocycles. The number of halogens is 2. The Morgan fingerprint density at radius 2 is 1.42 bits per heavy atom. The number of hydrogen-bond donors (Lipinski definition) is 1. The largest absolute Gasteiger partial charge is 0.489 e. The summed E-state index contributed by atoms with van der Waals surface area (Å²) < 4.78 is 11.5. The molecule has 4 aromatic rings. The van der Waals surface area contributed by atoms with Gasteiger partial charge in [0.05, 0.1) is 20.7 Å². The van der Waals surface area contributed by atoms with Crippen LogP contribution in [0.4, 0.5) is 16.2 Å². The van der Waals surface area contributed by atoms with E-state index in [1.165, 1.54) is 42.5 Å². The molecule has 1 N–H and O–H groups in total. The first-order valence-corrected chi connectivity index (χ1v) is 13.5. The highest BCUT2D eigenvalue weighted by molar-refractivity contribution is 6.40. The van der Waals surface area contributed by atoms with Gasteiger partial charge in [-0.25, -0.2) is 9.69 Å². The van der Waals surface area contributed by atoms with E-state index in [1.54, 1.807) is 24.3 Å². The molecule has 5 rings (SSSR count). The van der Waals surface area contributed by atoms with Crippen molar-refractivity contribution in [1.29, 1.82) is 0 Å². The number of nitrogens with zero attached hydrogens (tertiary/aromatic N) is 2. The number of carbonyl (C=O) groups is 3. The second-order valence-electron chi connectivity index (χ2n) is 9.25. The summed E-state index contributed by atoms with van der Waals surface area (Å²) in [5, 5.41) is 13.2. The van der Waals surface area contributed by atoms with E-state index in [1.807, 2.05) is 30.3 Å². The summed E-state index contributed by atoms with van der Waals surface area (Å²) >= 11 is 12.8. The third-order valence-corrected chi connectivity index (χ3v) is 6.87. The molecule has 4 amide bonds. The predicted octanol–water partition coefficient (Wildman–Crippen LogP) is 6.73. The highest BCUT2D eigenvalue weighted by atomic mass is 35.5. The van der Waals surface area contributed by atoms with Crippen molar-refractivity contribution in [1.82, 2.24) is 5.32 Å². The Bertz CT molecular complexity index is 1720. The van der Waals surface area contributed by atoms with Gasteiger partial charge in [-0.2, -0.15) is 0 Å². The van der Waals surface area contributed by atoms with Crippen molar-refractivity contribution in [3.63, 3.8) is 0 Å². The molecule has 0 aliphatic carbocycles. The van der Waals surface area contributed by atoms with Gasteiger partial charge in [0, 0.05) is 12.1 Å². The number of nitrogens with one attached hydrogen (secondary N) is 1. The molecule has 1 fully saturated rings. The summed E-state index contributed by atoms with van der Waals surface area (Å²) in [6.45, 7) is 0.378. The van der Waals surface area contributed by atoms with E-state index in [4.69, 9.17) is 32.7 Å². The fourth-order valence-electron chi connectivity index (χ4n) is 4.16. The normalized spacial score (nSPS) is 14.0. The van der Waals surface area contributed by atoms with Crippen LogP contribution in [0.5, 0.6) is 11.5 Å². The molecule has 0 aromatic heterocycles. The second-order valence-corrected chi connectivity index (χ2v) is 10.1. The molecule has 12 heteroatoms. The van der Waals surface area contributed by atoms with Crippen molar-refractivity contribution in [2.24, 2.45) is 0 Å². The smallest absolute Gasteiger partial charge is 0.335 e. The maximum absolute atomic E-state index is 13.3. The number of benzene rings is 4. The number of anilines is 1. The summed E-state index contributed by atoms with van der Waals surface area (Å²) in [6.07, 6.45) is 1.27. The number of urea groups is 1. The average molecular weight is 618 g/mol. The Hall–Kier alpha value is -5.19. The molecule has 10 nitrogen and oxygen atoms in total. The number of barbiturate groups is 1. The first-order valence-electron chi connectivity index (χ1n) is 12.7. The molecular formula is C31H21Cl2N3O7. The van der Waals surface area contributed by atoms with Gasteiger partial charge in [0.2, 0.25) is 0 Å². The lowest BCUT2D eigenvalue weighted by molar-refractivity contribution is -0.384. The third-order valence-electron chi connectivity index (χ3n) is 6.31. The zero-order valence-electron chi connectivity index (χ0n) is 22.2. The van der Waals surface area contributed by atoms with E-state index in [2.05, 4.69) is 5.32 Å². The molecule has 0 spiro atoms. The number of rotatable bonds is 9. The van der Waals surface area contributed by atoms with Crippen molar-refractivity contribution in [3.8, 4) is 11.5 Å². The van der Waals surface area contributed by atoms with E-state index < -0.39 is 22.8 Å². The lowest BCUT2D eigenvalue weighted by Gasteiger charge is -2.26. The van der Waals surface area contributed by atoms with Gasteiger partial charge in [-0.3, -0.25) is 25.0 Å².